The van der Waals surface area contributed by atoms with E-state index in [4.69, 9.17) is 9.66 Å². The molecule has 0 aliphatic heterocycles. The standard InChI is InChI=1S/C5H9NO5S2/c1-2-4(12)6(3-5(7)8)13(9,10)11/h2-3H2,1H3,(H,7,8)(H,9,10,11). The number of hydrogen-bond acceptors (Lipinski definition) is 4. The summed E-state index contributed by atoms with van der Waals surface area (Å²) >= 11 is 4.57. The van der Waals surface area contributed by atoms with Gasteiger partial charge < -0.3 is 5.11 Å². The number of nitrogens with zero attached hydrogens (tertiary/aromatic N) is 1. The van der Waals surface area contributed by atoms with Crippen LogP contribution in [0.4, 0.5) is 0 Å². The van der Waals surface area contributed by atoms with Crippen LogP contribution in [-0.4, -0.2) is 39.9 Å². The van der Waals surface area contributed by atoms with E-state index in [-0.39, 0.29) is 15.7 Å². The molecule has 76 valence electrons. The van der Waals surface area contributed by atoms with Crippen LogP contribution in [0.15, 0.2) is 0 Å². The van der Waals surface area contributed by atoms with Crippen molar-refractivity contribution in [3.63, 3.8) is 0 Å². The van der Waals surface area contributed by atoms with Crippen molar-refractivity contribution in [2.45, 2.75) is 13.3 Å². The number of hydrogen-bond donors (Lipinski definition) is 2. The molecule has 0 fully saturated rings. The molecule has 0 aromatic heterocycles. The fourth-order valence-electron chi connectivity index (χ4n) is 0.598. The van der Waals surface area contributed by atoms with Crippen LogP contribution in [0.5, 0.6) is 0 Å². The molecule has 0 saturated carbocycles. The topological polar surface area (TPSA) is 94.9 Å². The van der Waals surface area contributed by atoms with Gasteiger partial charge >= 0.3 is 16.3 Å². The third-order valence-corrected chi connectivity index (χ3v) is 2.67. The Labute approximate surface area is 81.0 Å². The maximum atomic E-state index is 10.6. The summed E-state index contributed by atoms with van der Waals surface area (Å²) in [5, 5.41) is 8.31. The quantitative estimate of drug-likeness (QED) is 0.515. The van der Waals surface area contributed by atoms with Crippen molar-refractivity contribution in [2.75, 3.05) is 6.54 Å². The molecule has 0 aliphatic carbocycles. The van der Waals surface area contributed by atoms with Gasteiger partial charge in [-0.1, -0.05) is 19.1 Å². The lowest BCUT2D eigenvalue weighted by atomic mass is 10.5. The summed E-state index contributed by atoms with van der Waals surface area (Å²) in [6, 6.07) is 0. The van der Waals surface area contributed by atoms with E-state index in [0.29, 0.717) is 0 Å². The number of thiocarbonyl (C=S) groups is 1. The van der Waals surface area contributed by atoms with Gasteiger partial charge in [-0.2, -0.15) is 8.42 Å². The second kappa shape index (κ2) is 4.49. The minimum atomic E-state index is -4.56. The first-order valence-corrected chi connectivity index (χ1v) is 5.09. The Bertz CT molecular complexity index is 309. The molecule has 0 rings (SSSR count). The van der Waals surface area contributed by atoms with Gasteiger partial charge in [0.15, 0.2) is 0 Å². The SMILES string of the molecule is CCC(=S)N(CC(=O)O)S(=O)(=O)O. The number of aliphatic carboxylic acids is 1. The molecule has 0 bridgehead atoms. The summed E-state index contributed by atoms with van der Waals surface area (Å²) in [5.74, 6) is -1.38. The first-order chi connectivity index (χ1) is 5.79. The molecule has 0 atom stereocenters. The van der Waals surface area contributed by atoms with Crippen molar-refractivity contribution >= 4 is 33.5 Å². The molecule has 0 saturated heterocycles. The Morgan fingerprint density at radius 1 is 1.54 bits per heavy atom. The Hall–Kier alpha value is -0.730. The van der Waals surface area contributed by atoms with E-state index >= 15 is 0 Å². The maximum absolute atomic E-state index is 10.6. The number of carbonyl (C=O) groups is 1. The van der Waals surface area contributed by atoms with Gasteiger partial charge in [0.05, 0.1) is 4.99 Å². The maximum Gasteiger partial charge on any atom is 0.360 e. The van der Waals surface area contributed by atoms with E-state index in [9.17, 15) is 13.2 Å². The van der Waals surface area contributed by atoms with E-state index < -0.39 is 22.8 Å². The van der Waals surface area contributed by atoms with Gasteiger partial charge in [0.1, 0.15) is 6.54 Å². The lowest BCUT2D eigenvalue weighted by Gasteiger charge is -2.17. The summed E-state index contributed by atoms with van der Waals surface area (Å²) in [4.78, 5) is 10.1. The molecule has 0 aromatic rings. The average Bonchev–Trinajstić information content (AvgIpc) is 1.96. The fraction of sp³-hybridized carbons (Fsp3) is 0.600. The van der Waals surface area contributed by atoms with Crippen LogP contribution >= 0.6 is 12.2 Å². The molecule has 6 nitrogen and oxygen atoms in total. The smallest absolute Gasteiger partial charge is 0.360 e. The highest BCUT2D eigenvalue weighted by Gasteiger charge is 2.23. The van der Waals surface area contributed by atoms with Gasteiger partial charge in [-0.25, -0.2) is 4.31 Å². The Morgan fingerprint density at radius 3 is 2.23 bits per heavy atom. The molecular weight excluding hydrogens is 218 g/mol. The second-order valence-electron chi connectivity index (χ2n) is 2.13. The number of carboxylic acids is 1. The van der Waals surface area contributed by atoms with Crippen molar-refractivity contribution in [3.05, 3.63) is 0 Å². The lowest BCUT2D eigenvalue weighted by molar-refractivity contribution is -0.136. The molecule has 0 amide bonds. The van der Waals surface area contributed by atoms with Crippen molar-refractivity contribution in [3.8, 4) is 0 Å². The average molecular weight is 227 g/mol. The van der Waals surface area contributed by atoms with Gasteiger partial charge in [-0.15, -0.1) is 0 Å². The van der Waals surface area contributed by atoms with Crippen LogP contribution in [-0.2, 0) is 15.1 Å². The minimum Gasteiger partial charge on any atom is -0.480 e. The van der Waals surface area contributed by atoms with Crippen LogP contribution in [0, 0.1) is 0 Å². The monoisotopic (exact) mass is 227 g/mol. The van der Waals surface area contributed by atoms with E-state index in [1.807, 2.05) is 0 Å². The lowest BCUT2D eigenvalue weighted by Crippen LogP contribution is -2.38. The normalized spacial score (nSPS) is 10.9. The molecule has 0 aromatic carbocycles. The van der Waals surface area contributed by atoms with Gasteiger partial charge in [-0.3, -0.25) is 9.35 Å². The zero-order valence-corrected chi connectivity index (χ0v) is 8.43. The van der Waals surface area contributed by atoms with Gasteiger partial charge in [0.25, 0.3) is 0 Å². The summed E-state index contributed by atoms with van der Waals surface area (Å²) in [6.45, 7) is 0.702. The molecule has 13 heavy (non-hydrogen) atoms. The largest absolute Gasteiger partial charge is 0.480 e. The van der Waals surface area contributed by atoms with E-state index in [1.165, 1.54) is 0 Å². The van der Waals surface area contributed by atoms with Crippen LogP contribution in [0.3, 0.4) is 0 Å². The third kappa shape index (κ3) is 4.15. The van der Waals surface area contributed by atoms with Crippen LogP contribution < -0.4 is 0 Å². The molecule has 0 radical (unpaired) electrons. The minimum absolute atomic E-state index is 0.134. The summed E-state index contributed by atoms with van der Waals surface area (Å²) < 4.78 is 30.0. The van der Waals surface area contributed by atoms with Crippen molar-refractivity contribution in [2.24, 2.45) is 0 Å². The highest BCUT2D eigenvalue weighted by molar-refractivity contribution is 7.87. The first kappa shape index (κ1) is 12.3. The third-order valence-electron chi connectivity index (χ3n) is 1.14. The van der Waals surface area contributed by atoms with Gasteiger partial charge in [0, 0.05) is 0 Å². The molecular formula is C5H9NO5S2. The van der Waals surface area contributed by atoms with E-state index in [1.54, 1.807) is 6.92 Å². The van der Waals surface area contributed by atoms with Crippen molar-refractivity contribution < 1.29 is 22.9 Å². The Morgan fingerprint density at radius 2 is 2.00 bits per heavy atom. The predicted octanol–water partition coefficient (Wildman–Crippen LogP) is -0.0868. The summed E-state index contributed by atoms with van der Waals surface area (Å²) in [7, 11) is -4.56. The molecule has 2 N–H and O–H groups in total. The van der Waals surface area contributed by atoms with Crippen LogP contribution in [0.25, 0.3) is 0 Å². The van der Waals surface area contributed by atoms with E-state index in [2.05, 4.69) is 12.2 Å². The Kier molecular flexibility index (Phi) is 4.24. The molecule has 8 heteroatoms. The highest BCUT2D eigenvalue weighted by atomic mass is 32.2. The highest BCUT2D eigenvalue weighted by Crippen LogP contribution is 2.02. The number of rotatable bonds is 4. The van der Waals surface area contributed by atoms with E-state index in [0.717, 1.165) is 0 Å². The zero-order valence-electron chi connectivity index (χ0n) is 6.80. The zero-order chi connectivity index (χ0) is 10.6. The Balaban J connectivity index is 4.77. The molecule has 0 heterocycles. The molecule has 0 unspecified atom stereocenters. The van der Waals surface area contributed by atoms with Crippen molar-refractivity contribution in [1.82, 2.24) is 4.31 Å². The molecule has 0 aliphatic rings. The molecule has 0 spiro atoms. The fourth-order valence-corrected chi connectivity index (χ4v) is 1.60. The van der Waals surface area contributed by atoms with Gasteiger partial charge in [-0.05, 0) is 6.42 Å². The first-order valence-electron chi connectivity index (χ1n) is 3.28. The van der Waals surface area contributed by atoms with Crippen LogP contribution in [0.1, 0.15) is 13.3 Å². The van der Waals surface area contributed by atoms with Crippen molar-refractivity contribution in [1.29, 1.82) is 0 Å². The summed E-state index contributed by atoms with van der Waals surface area (Å²) in [5.41, 5.74) is 0. The number of carboxylic acid groups (broad SMARTS) is 1. The summed E-state index contributed by atoms with van der Waals surface area (Å²) in [6.07, 6.45) is 0.169. The second-order valence-corrected chi connectivity index (χ2v) is 3.93. The predicted molar refractivity (Wildman–Crippen MR) is 48.8 cm³/mol. The van der Waals surface area contributed by atoms with Crippen LogP contribution in [0.2, 0.25) is 0 Å². The van der Waals surface area contributed by atoms with Gasteiger partial charge in [0.2, 0.25) is 0 Å².